The molecule has 1 aromatic heterocycles. The van der Waals surface area contributed by atoms with E-state index in [9.17, 15) is 34.7 Å². The van der Waals surface area contributed by atoms with Crippen LogP contribution in [0.25, 0.3) is 21.2 Å². The van der Waals surface area contributed by atoms with E-state index in [4.69, 9.17) is 18.5 Å². The first kappa shape index (κ1) is 32.6. The van der Waals surface area contributed by atoms with Crippen LogP contribution in [0.4, 0.5) is 0 Å². The van der Waals surface area contributed by atoms with Gasteiger partial charge in [0.25, 0.3) is 5.56 Å². The topological polar surface area (TPSA) is 227 Å². The third kappa shape index (κ3) is 7.03. The van der Waals surface area contributed by atoms with Crippen molar-refractivity contribution < 1.29 is 38.1 Å². The van der Waals surface area contributed by atoms with Gasteiger partial charge in [-0.25, -0.2) is 9.36 Å². The van der Waals surface area contributed by atoms with Gasteiger partial charge in [0, 0.05) is 22.6 Å². The highest BCUT2D eigenvalue weighted by Crippen LogP contribution is 2.49. The molecule has 0 aliphatic carbocycles. The Morgan fingerprint density at radius 1 is 1.13 bits per heavy atom. The minimum atomic E-state index is -4.65. The number of nitrogens with one attached hydrogen (secondary N) is 2. The Bertz CT molecular complexity index is 1930. The number of carbonyl (C=O) groups excluding carboxylic acids is 1. The first-order valence-corrected chi connectivity index (χ1v) is 15.4. The molecule has 6 atom stereocenters. The van der Waals surface area contributed by atoms with Crippen LogP contribution in [0.2, 0.25) is 0 Å². The summed E-state index contributed by atoms with van der Waals surface area (Å²) in [6.07, 6.45) is -4.55. The van der Waals surface area contributed by atoms with E-state index in [0.29, 0.717) is 10.9 Å². The zero-order valence-electron chi connectivity index (χ0n) is 24.2. The number of aromatic nitrogens is 2. The van der Waals surface area contributed by atoms with Crippen LogP contribution < -0.4 is 20.9 Å². The smallest absolute Gasteiger partial charge is 0.459 e. The molecule has 2 heterocycles. The lowest BCUT2D eigenvalue weighted by molar-refractivity contribution is -0.146. The van der Waals surface area contributed by atoms with Crippen LogP contribution in [0.3, 0.4) is 0 Å². The summed E-state index contributed by atoms with van der Waals surface area (Å²) in [6, 6.07) is 20.6. The number of rotatable bonds is 12. The molecule has 0 bridgehead atoms. The molecule has 4 aromatic rings. The zero-order chi connectivity index (χ0) is 32.9. The maximum atomic E-state index is 14.4. The maximum Gasteiger partial charge on any atom is 0.459 e. The van der Waals surface area contributed by atoms with Gasteiger partial charge in [-0.05, 0) is 29.5 Å². The summed E-state index contributed by atoms with van der Waals surface area (Å²) in [6.45, 7) is 0.303. The van der Waals surface area contributed by atoms with E-state index in [1.807, 2.05) is 11.1 Å². The number of benzene rings is 3. The Balaban J connectivity index is 1.43. The Hall–Kier alpha value is -4.79. The third-order valence-corrected chi connectivity index (χ3v) is 8.69. The van der Waals surface area contributed by atoms with Gasteiger partial charge in [0.05, 0.1) is 6.61 Å². The number of carbonyl (C=O) groups is 1. The monoisotopic (exact) mass is 652 g/mol. The van der Waals surface area contributed by atoms with Crippen molar-refractivity contribution in [1.29, 1.82) is 0 Å². The highest BCUT2D eigenvalue weighted by Gasteiger charge is 2.56. The van der Waals surface area contributed by atoms with Crippen molar-refractivity contribution in [2.75, 3.05) is 6.61 Å². The lowest BCUT2D eigenvalue weighted by Crippen LogP contribution is -2.45. The van der Waals surface area contributed by atoms with Crippen LogP contribution in [0.5, 0.6) is 5.75 Å². The van der Waals surface area contributed by atoms with Crippen molar-refractivity contribution in [3.05, 3.63) is 122 Å². The standard InChI is InChI=1S/C29H29N6O10P/c1-18(27(39)42-16-19-8-3-2-4-9-19)32-46(41,45-22-13-7-11-20-10-5-6-12-21(20)22)43-17-29(33-34-30)25(38)24(37)26(44-29)35-15-14-23(36)31-28(35)40/h2-15,18,24-26,37-38H,16-17H2,1H3,(H,32,41)(H,31,36,40)/t18-,24+,25-,26+,29+,46+/m0/s1. The van der Waals surface area contributed by atoms with Crippen LogP contribution in [0, 0.1) is 0 Å². The molecule has 0 spiro atoms. The van der Waals surface area contributed by atoms with E-state index < -0.39 is 61.8 Å². The molecule has 0 radical (unpaired) electrons. The second kappa shape index (κ2) is 13.7. The summed E-state index contributed by atoms with van der Waals surface area (Å²) < 4.78 is 37.7. The number of ether oxygens (including phenoxy) is 2. The van der Waals surface area contributed by atoms with Crippen LogP contribution in [-0.4, -0.2) is 56.3 Å². The molecule has 17 heteroatoms. The molecule has 16 nitrogen and oxygen atoms in total. The molecule has 3 aromatic carbocycles. The van der Waals surface area contributed by atoms with Gasteiger partial charge in [-0.15, -0.1) is 0 Å². The molecule has 0 saturated carbocycles. The van der Waals surface area contributed by atoms with Crippen LogP contribution in [0.15, 0.2) is 99.8 Å². The lowest BCUT2D eigenvalue weighted by Gasteiger charge is -2.29. The number of H-pyrrole nitrogens is 1. The highest BCUT2D eigenvalue weighted by atomic mass is 31.2. The quantitative estimate of drug-likeness (QED) is 0.0572. The number of hydrogen-bond acceptors (Lipinski definition) is 11. The second-order valence-electron chi connectivity index (χ2n) is 10.3. The SMILES string of the molecule is C[C@H](N[P@@](=O)(OC[C@@]1(N=[N+]=[N-])O[C@@H](n2ccc(=O)[nH]c2=O)[C@H](O)[C@@H]1O)Oc1cccc2ccccc12)C(=O)OCc1ccccc1. The van der Waals surface area contributed by atoms with E-state index in [0.717, 1.165) is 22.2 Å². The zero-order valence-corrected chi connectivity index (χ0v) is 25.1. The van der Waals surface area contributed by atoms with E-state index in [-0.39, 0.29) is 12.4 Å². The van der Waals surface area contributed by atoms with Gasteiger partial charge in [-0.1, -0.05) is 71.8 Å². The molecular weight excluding hydrogens is 623 g/mol. The number of aliphatic hydroxyl groups excluding tert-OH is 2. The molecule has 240 valence electrons. The van der Waals surface area contributed by atoms with Gasteiger partial charge < -0.3 is 24.2 Å². The Kier molecular flexibility index (Phi) is 9.70. The fourth-order valence-electron chi connectivity index (χ4n) is 4.74. The molecule has 0 unspecified atom stereocenters. The molecule has 1 aliphatic rings. The third-order valence-electron chi connectivity index (χ3n) is 7.08. The molecule has 1 saturated heterocycles. The molecular formula is C29H29N6O10P. The fourth-order valence-corrected chi connectivity index (χ4v) is 6.28. The average Bonchev–Trinajstić information content (AvgIpc) is 3.29. The summed E-state index contributed by atoms with van der Waals surface area (Å²) in [5, 5.41) is 29.0. The van der Waals surface area contributed by atoms with E-state index >= 15 is 0 Å². The van der Waals surface area contributed by atoms with Crippen LogP contribution >= 0.6 is 7.75 Å². The number of aliphatic hydroxyl groups is 2. The minimum Gasteiger partial charge on any atom is -0.460 e. The van der Waals surface area contributed by atoms with Crippen LogP contribution in [0.1, 0.15) is 18.7 Å². The Labute approximate surface area is 260 Å². The number of esters is 1. The summed E-state index contributed by atoms with van der Waals surface area (Å²) in [5.41, 5.74) is 5.88. The molecule has 4 N–H and O–H groups in total. The van der Waals surface area contributed by atoms with E-state index in [2.05, 4.69) is 15.1 Å². The first-order valence-electron chi connectivity index (χ1n) is 13.9. The number of nitrogens with zero attached hydrogens (tertiary/aromatic N) is 4. The number of azide groups is 1. The summed E-state index contributed by atoms with van der Waals surface area (Å²) >= 11 is 0. The normalized spacial score (nSPS) is 22.8. The predicted octanol–water partition coefficient (Wildman–Crippen LogP) is 2.87. The van der Waals surface area contributed by atoms with E-state index in [1.54, 1.807) is 60.7 Å². The summed E-state index contributed by atoms with van der Waals surface area (Å²) in [5.74, 6) is -0.703. The maximum absolute atomic E-state index is 14.4. The van der Waals surface area contributed by atoms with Crippen molar-refractivity contribution in [3.8, 4) is 5.75 Å². The van der Waals surface area contributed by atoms with Crippen molar-refractivity contribution in [3.63, 3.8) is 0 Å². The minimum absolute atomic E-state index is 0.0650. The van der Waals surface area contributed by atoms with Gasteiger partial charge in [0.1, 0.15) is 30.6 Å². The van der Waals surface area contributed by atoms with Crippen molar-refractivity contribution in [1.82, 2.24) is 14.6 Å². The van der Waals surface area contributed by atoms with Crippen molar-refractivity contribution >= 4 is 24.5 Å². The van der Waals surface area contributed by atoms with Gasteiger partial charge in [0.15, 0.2) is 6.23 Å². The molecule has 1 fully saturated rings. The van der Waals surface area contributed by atoms with Crippen molar-refractivity contribution in [2.45, 2.75) is 43.7 Å². The van der Waals surface area contributed by atoms with Crippen molar-refractivity contribution in [2.24, 2.45) is 5.11 Å². The van der Waals surface area contributed by atoms with Gasteiger partial charge in [-0.2, -0.15) is 5.09 Å². The summed E-state index contributed by atoms with van der Waals surface area (Å²) in [7, 11) is -4.65. The molecule has 46 heavy (non-hydrogen) atoms. The van der Waals surface area contributed by atoms with Gasteiger partial charge in [0.2, 0.25) is 5.72 Å². The van der Waals surface area contributed by atoms with Gasteiger partial charge >= 0.3 is 19.4 Å². The summed E-state index contributed by atoms with van der Waals surface area (Å²) in [4.78, 5) is 41.5. The van der Waals surface area contributed by atoms with Gasteiger partial charge in [-0.3, -0.25) is 23.7 Å². The molecule has 0 amide bonds. The number of fused-ring (bicyclic) bond motifs is 1. The predicted molar refractivity (Wildman–Crippen MR) is 162 cm³/mol. The second-order valence-corrected chi connectivity index (χ2v) is 12.0. The van der Waals surface area contributed by atoms with E-state index in [1.165, 1.54) is 13.0 Å². The number of hydrogen-bond donors (Lipinski definition) is 4. The first-order chi connectivity index (χ1) is 22.0. The Morgan fingerprint density at radius 2 is 1.85 bits per heavy atom. The largest absolute Gasteiger partial charge is 0.460 e. The molecule has 5 rings (SSSR count). The number of aromatic amines is 1. The Morgan fingerprint density at radius 3 is 2.59 bits per heavy atom. The lowest BCUT2D eigenvalue weighted by atomic mass is 10.1. The fraction of sp³-hybridized carbons (Fsp3) is 0.276. The highest BCUT2D eigenvalue weighted by molar-refractivity contribution is 7.52. The van der Waals surface area contributed by atoms with Crippen LogP contribution in [-0.2, 0) is 30.0 Å². The average molecular weight is 653 g/mol. The molecule has 1 aliphatic heterocycles.